The fraction of sp³-hybridized carbons (Fsp3) is 0.828. The van der Waals surface area contributed by atoms with Crippen molar-refractivity contribution >= 4 is 40.5 Å². The van der Waals surface area contributed by atoms with E-state index in [1.807, 2.05) is 34.6 Å². The third kappa shape index (κ3) is 7.78. The molecular weight excluding hydrogens is 532 g/mol. The topological polar surface area (TPSA) is 137 Å². The average Bonchev–Trinajstić information content (AvgIpc) is 3.27. The minimum Gasteiger partial charge on any atom is -0.459 e. The Morgan fingerprint density at radius 1 is 1.05 bits per heavy atom. The quantitative estimate of drug-likeness (QED) is 0.393. The minimum absolute atomic E-state index is 0.225. The SMILES string of the molecule is CCC[C@H](O)CC[C@@H](C)[C@@H]1OC(=O)[C@H](C)NC(=O)[C@H](C(C)C)N(C)C(=O)[C@]2(C)CSC(=N2)[C@H](C)NC(=O)C1(C)C. The number of fused-ring (bicyclic) bond motifs is 1. The maximum atomic E-state index is 13.7. The third-order valence-corrected chi connectivity index (χ3v) is 9.47. The first-order valence-electron chi connectivity index (χ1n) is 14.5. The highest BCUT2D eigenvalue weighted by Gasteiger charge is 2.47. The molecule has 0 radical (unpaired) electrons. The lowest BCUT2D eigenvalue weighted by molar-refractivity contribution is -0.167. The van der Waals surface area contributed by atoms with Crippen LogP contribution in [0.2, 0.25) is 0 Å². The molecule has 40 heavy (non-hydrogen) atoms. The predicted molar refractivity (Wildman–Crippen MR) is 158 cm³/mol. The van der Waals surface area contributed by atoms with Crippen molar-refractivity contribution in [3.8, 4) is 0 Å². The number of nitrogens with zero attached hydrogens (tertiary/aromatic N) is 2. The molecule has 0 aromatic heterocycles. The van der Waals surface area contributed by atoms with Gasteiger partial charge in [-0.15, -0.1) is 11.8 Å². The Morgan fingerprint density at radius 3 is 2.25 bits per heavy atom. The summed E-state index contributed by atoms with van der Waals surface area (Å²) in [7, 11) is 1.58. The average molecular weight is 583 g/mol. The van der Waals surface area contributed by atoms with E-state index in [1.165, 1.54) is 23.6 Å². The van der Waals surface area contributed by atoms with Crippen LogP contribution in [-0.4, -0.2) is 87.4 Å². The Balaban J connectivity index is 2.51. The summed E-state index contributed by atoms with van der Waals surface area (Å²) in [6.07, 6.45) is 1.32. The summed E-state index contributed by atoms with van der Waals surface area (Å²) in [5.74, 6) is -1.83. The van der Waals surface area contributed by atoms with E-state index in [-0.39, 0.29) is 23.7 Å². The molecule has 3 amide bonds. The van der Waals surface area contributed by atoms with Crippen molar-refractivity contribution in [2.45, 2.75) is 124 Å². The van der Waals surface area contributed by atoms with Gasteiger partial charge in [0.2, 0.25) is 11.8 Å². The lowest BCUT2D eigenvalue weighted by Gasteiger charge is -2.38. The number of aliphatic hydroxyl groups is 1. The molecule has 11 heteroatoms. The van der Waals surface area contributed by atoms with Gasteiger partial charge < -0.3 is 25.4 Å². The second-order valence-electron chi connectivity index (χ2n) is 12.6. The van der Waals surface area contributed by atoms with Gasteiger partial charge in [-0.25, -0.2) is 4.79 Å². The van der Waals surface area contributed by atoms with Crippen LogP contribution in [0.5, 0.6) is 0 Å². The largest absolute Gasteiger partial charge is 0.459 e. The second kappa shape index (κ2) is 13.7. The number of ether oxygens (including phenoxy) is 1. The third-order valence-electron chi connectivity index (χ3n) is 8.02. The van der Waals surface area contributed by atoms with Crippen molar-refractivity contribution in [3.63, 3.8) is 0 Å². The summed E-state index contributed by atoms with van der Waals surface area (Å²) in [5.41, 5.74) is -2.22. The van der Waals surface area contributed by atoms with Crippen LogP contribution >= 0.6 is 11.8 Å². The number of aliphatic imine (C=N–C) groups is 1. The van der Waals surface area contributed by atoms with Crippen LogP contribution in [0.1, 0.15) is 88.0 Å². The number of likely N-dealkylation sites (N-methyl/N-ethyl adjacent to an activating group) is 1. The first-order valence-corrected chi connectivity index (χ1v) is 15.4. The van der Waals surface area contributed by atoms with Gasteiger partial charge in [-0.3, -0.25) is 19.4 Å². The standard InChI is InChI=1S/C29H50N4O6S/c1-11-12-20(34)14-13-17(4)22-28(7,8)26(37)31-18(5)24-32-29(9,15-40-24)27(38)33(10)21(16(2)3)23(35)30-19(6)25(36)39-22/h16-22,34H,11-15H2,1-10H3,(H,30,35)(H,31,37)/t17-,18+,19+,20+,21+,22+,29+/m1/s1. The second-order valence-corrected chi connectivity index (χ2v) is 13.6. The summed E-state index contributed by atoms with van der Waals surface area (Å²) in [5, 5.41) is 16.7. The zero-order chi connectivity index (χ0) is 30.6. The van der Waals surface area contributed by atoms with Gasteiger partial charge in [0.1, 0.15) is 23.7 Å². The molecule has 0 aromatic rings. The summed E-state index contributed by atoms with van der Waals surface area (Å²) >= 11 is 1.41. The molecule has 2 aliphatic heterocycles. The normalized spacial score (nSPS) is 31.8. The van der Waals surface area contributed by atoms with E-state index >= 15 is 0 Å². The van der Waals surface area contributed by atoms with E-state index in [2.05, 4.69) is 10.6 Å². The summed E-state index contributed by atoms with van der Waals surface area (Å²) < 4.78 is 6.00. The van der Waals surface area contributed by atoms with E-state index in [1.54, 1.807) is 27.8 Å². The molecule has 0 unspecified atom stereocenters. The Hall–Kier alpha value is -2.14. The molecule has 2 heterocycles. The van der Waals surface area contributed by atoms with Gasteiger partial charge in [-0.05, 0) is 65.7 Å². The maximum absolute atomic E-state index is 13.7. The van der Waals surface area contributed by atoms with Crippen LogP contribution < -0.4 is 10.6 Å². The Morgan fingerprint density at radius 2 is 1.68 bits per heavy atom. The van der Waals surface area contributed by atoms with Crippen LogP contribution in [0.3, 0.4) is 0 Å². The zero-order valence-electron chi connectivity index (χ0n) is 25.9. The number of thioether (sulfide) groups is 1. The number of carbonyl (C=O) groups excluding carboxylic acids is 4. The lowest BCUT2D eigenvalue weighted by Crippen LogP contribution is -2.58. The summed E-state index contributed by atoms with van der Waals surface area (Å²) in [6, 6.07) is -2.29. The molecule has 0 aromatic carbocycles. The van der Waals surface area contributed by atoms with Crippen molar-refractivity contribution in [2.24, 2.45) is 22.2 Å². The van der Waals surface area contributed by atoms with Crippen molar-refractivity contribution in [2.75, 3.05) is 12.8 Å². The number of rotatable bonds is 7. The highest BCUT2D eigenvalue weighted by atomic mass is 32.2. The predicted octanol–water partition coefficient (Wildman–Crippen LogP) is 2.91. The molecule has 0 spiro atoms. The Bertz CT molecular complexity index is 986. The van der Waals surface area contributed by atoms with Crippen LogP contribution in [0, 0.1) is 17.3 Å². The fourth-order valence-corrected chi connectivity index (χ4v) is 6.70. The number of nitrogens with one attached hydrogen (secondary N) is 2. The first-order chi connectivity index (χ1) is 18.5. The number of amides is 3. The van der Waals surface area contributed by atoms with Gasteiger partial charge >= 0.3 is 5.97 Å². The van der Waals surface area contributed by atoms with E-state index in [0.717, 1.165) is 6.42 Å². The number of carbonyl (C=O) groups is 4. The fourth-order valence-electron chi connectivity index (χ4n) is 5.50. The number of esters is 1. The van der Waals surface area contributed by atoms with Crippen molar-refractivity contribution in [1.29, 1.82) is 0 Å². The van der Waals surface area contributed by atoms with Crippen LogP contribution in [0.25, 0.3) is 0 Å². The van der Waals surface area contributed by atoms with Crippen LogP contribution in [-0.2, 0) is 23.9 Å². The monoisotopic (exact) mass is 582 g/mol. The van der Waals surface area contributed by atoms with Crippen molar-refractivity contribution in [3.05, 3.63) is 0 Å². The molecule has 0 saturated heterocycles. The van der Waals surface area contributed by atoms with E-state index in [9.17, 15) is 24.3 Å². The van der Waals surface area contributed by atoms with Gasteiger partial charge in [0.05, 0.1) is 22.6 Å². The van der Waals surface area contributed by atoms with Gasteiger partial charge in [-0.2, -0.15) is 0 Å². The Kier molecular flexibility index (Phi) is 11.7. The highest BCUT2D eigenvalue weighted by molar-refractivity contribution is 8.14. The Labute approximate surface area is 243 Å². The molecule has 0 saturated carbocycles. The van der Waals surface area contributed by atoms with Crippen LogP contribution in [0.15, 0.2) is 4.99 Å². The molecule has 7 atom stereocenters. The number of aliphatic hydroxyl groups excluding tert-OH is 1. The molecule has 2 aliphatic rings. The van der Waals surface area contributed by atoms with E-state index < -0.39 is 53.2 Å². The number of hydrogen-bond acceptors (Lipinski definition) is 8. The molecule has 0 fully saturated rings. The van der Waals surface area contributed by atoms with Crippen molar-refractivity contribution < 1.29 is 29.0 Å². The van der Waals surface area contributed by atoms with Crippen molar-refractivity contribution in [1.82, 2.24) is 15.5 Å². The van der Waals surface area contributed by atoms with Gasteiger partial charge in [-0.1, -0.05) is 34.1 Å². The molecule has 2 rings (SSSR count). The lowest BCUT2D eigenvalue weighted by atomic mass is 9.77. The van der Waals surface area contributed by atoms with E-state index in [0.29, 0.717) is 30.1 Å². The van der Waals surface area contributed by atoms with E-state index in [4.69, 9.17) is 9.73 Å². The number of cyclic esters (lactones) is 1. The molecule has 2 bridgehead atoms. The maximum Gasteiger partial charge on any atom is 0.328 e. The number of hydrogen-bond donors (Lipinski definition) is 3. The molecule has 3 N–H and O–H groups in total. The van der Waals surface area contributed by atoms with Crippen LogP contribution in [0.4, 0.5) is 0 Å². The first kappa shape index (κ1) is 34.1. The molecule has 0 aliphatic carbocycles. The molecular formula is C29H50N4O6S. The minimum atomic E-state index is -1.14. The summed E-state index contributed by atoms with van der Waals surface area (Å²) in [4.78, 5) is 60.2. The summed E-state index contributed by atoms with van der Waals surface area (Å²) in [6.45, 7) is 16.2. The van der Waals surface area contributed by atoms with Gasteiger partial charge in [0.15, 0.2) is 0 Å². The highest BCUT2D eigenvalue weighted by Crippen LogP contribution is 2.35. The zero-order valence-corrected chi connectivity index (χ0v) is 26.7. The van der Waals surface area contributed by atoms with Gasteiger partial charge in [0, 0.05) is 12.8 Å². The van der Waals surface area contributed by atoms with Gasteiger partial charge in [0.25, 0.3) is 5.91 Å². The molecule has 10 nitrogen and oxygen atoms in total. The molecule has 228 valence electrons. The smallest absolute Gasteiger partial charge is 0.328 e.